The van der Waals surface area contributed by atoms with Crippen molar-refractivity contribution < 1.29 is 19.7 Å². The Balaban J connectivity index is 1.87. The first-order valence-electron chi connectivity index (χ1n) is 5.69. The fourth-order valence-corrected chi connectivity index (χ4v) is 1.74. The Morgan fingerprint density at radius 1 is 1.18 bits per heavy atom. The quantitative estimate of drug-likeness (QED) is 0.819. The van der Waals surface area contributed by atoms with Gasteiger partial charge in [-0.15, -0.1) is 0 Å². The highest BCUT2D eigenvalue weighted by Crippen LogP contribution is 2.21. The average Bonchev–Trinajstić information content (AvgIpc) is 2.36. The molecule has 1 saturated heterocycles. The highest BCUT2D eigenvalue weighted by Gasteiger charge is 2.37. The van der Waals surface area contributed by atoms with Gasteiger partial charge >= 0.3 is 0 Å². The van der Waals surface area contributed by atoms with E-state index in [1.54, 1.807) is 6.92 Å². The molecule has 2 N–H and O–H groups in total. The van der Waals surface area contributed by atoms with Crippen molar-refractivity contribution in [2.45, 2.75) is 37.9 Å². The first kappa shape index (κ1) is 12.5. The molecule has 1 aliphatic rings. The lowest BCUT2D eigenvalue weighted by molar-refractivity contribution is -0.174. The number of rotatable bonds is 3. The van der Waals surface area contributed by atoms with Crippen LogP contribution in [0, 0.1) is 6.61 Å². The maximum Gasteiger partial charge on any atom is 0.116 e. The summed E-state index contributed by atoms with van der Waals surface area (Å²) < 4.78 is 10.7. The van der Waals surface area contributed by atoms with Gasteiger partial charge in [-0.25, -0.2) is 0 Å². The lowest BCUT2D eigenvalue weighted by atomic mass is 10.0. The predicted octanol–water partition coefficient (Wildman–Crippen LogP) is 0.874. The van der Waals surface area contributed by atoms with E-state index >= 15 is 0 Å². The Hall–Kier alpha value is -0.940. The summed E-state index contributed by atoms with van der Waals surface area (Å²) >= 11 is 0. The summed E-state index contributed by atoms with van der Waals surface area (Å²) in [5.41, 5.74) is 1.02. The third-order valence-corrected chi connectivity index (χ3v) is 2.88. The van der Waals surface area contributed by atoms with Crippen LogP contribution in [0.2, 0.25) is 0 Å². The molecule has 1 radical (unpaired) electrons. The van der Waals surface area contributed by atoms with Gasteiger partial charge in [0, 0.05) is 0 Å². The number of hydrogen-bond acceptors (Lipinski definition) is 4. The number of benzene rings is 1. The van der Waals surface area contributed by atoms with Gasteiger partial charge < -0.3 is 19.7 Å². The molecular weight excluding hydrogens is 220 g/mol. The third kappa shape index (κ3) is 3.04. The molecule has 1 aromatic rings. The summed E-state index contributed by atoms with van der Waals surface area (Å²) in [4.78, 5) is 0. The van der Waals surface area contributed by atoms with Gasteiger partial charge in [0.25, 0.3) is 0 Å². The second-order valence-electron chi connectivity index (χ2n) is 4.22. The minimum atomic E-state index is -0.942. The van der Waals surface area contributed by atoms with E-state index in [1.165, 1.54) is 6.61 Å². The summed E-state index contributed by atoms with van der Waals surface area (Å²) in [5, 5.41) is 19.4. The maximum absolute atomic E-state index is 9.80. The topological polar surface area (TPSA) is 58.9 Å². The minimum Gasteiger partial charge on any atom is -0.388 e. The van der Waals surface area contributed by atoms with Crippen molar-refractivity contribution in [3.05, 3.63) is 42.5 Å². The standard InChI is InChI=1S/C13H17O4/c1-9-12(14)13(15)11(8-16-9)17-7-10-5-3-2-4-6-10/h2-6,8-9,11-15H,7H2,1H3/t9-,11-,12-,13-/m1/s1. The van der Waals surface area contributed by atoms with Crippen molar-refractivity contribution in [1.29, 1.82) is 0 Å². The van der Waals surface area contributed by atoms with Crippen LogP contribution >= 0.6 is 0 Å². The van der Waals surface area contributed by atoms with Crippen LogP contribution in [0.1, 0.15) is 12.5 Å². The second-order valence-corrected chi connectivity index (χ2v) is 4.22. The molecule has 4 atom stereocenters. The summed E-state index contributed by atoms with van der Waals surface area (Å²) in [7, 11) is 0. The molecule has 0 saturated carbocycles. The van der Waals surface area contributed by atoms with Crippen molar-refractivity contribution in [3.63, 3.8) is 0 Å². The zero-order valence-corrected chi connectivity index (χ0v) is 9.69. The Kier molecular flexibility index (Phi) is 4.12. The molecule has 17 heavy (non-hydrogen) atoms. The van der Waals surface area contributed by atoms with Crippen molar-refractivity contribution in [2.75, 3.05) is 0 Å². The first-order chi connectivity index (χ1) is 8.18. The van der Waals surface area contributed by atoms with E-state index in [0.717, 1.165) is 5.56 Å². The van der Waals surface area contributed by atoms with E-state index in [0.29, 0.717) is 6.61 Å². The summed E-state index contributed by atoms with van der Waals surface area (Å²) in [5.74, 6) is 0. The minimum absolute atomic E-state index is 0.378. The molecular formula is C13H17O4. The summed E-state index contributed by atoms with van der Waals surface area (Å²) in [6.45, 7) is 3.53. The molecule has 0 bridgehead atoms. The fourth-order valence-electron chi connectivity index (χ4n) is 1.74. The third-order valence-electron chi connectivity index (χ3n) is 2.88. The largest absolute Gasteiger partial charge is 0.388 e. The molecule has 0 aliphatic carbocycles. The van der Waals surface area contributed by atoms with Gasteiger partial charge in [-0.3, -0.25) is 0 Å². The number of aliphatic hydroxyl groups is 2. The zero-order valence-electron chi connectivity index (χ0n) is 9.69. The molecule has 1 aliphatic heterocycles. The summed E-state index contributed by atoms with van der Waals surface area (Å²) in [6, 6.07) is 9.66. The van der Waals surface area contributed by atoms with Crippen molar-refractivity contribution in [1.82, 2.24) is 0 Å². The highest BCUT2D eigenvalue weighted by atomic mass is 16.6. The van der Waals surface area contributed by atoms with Gasteiger partial charge in [-0.05, 0) is 12.5 Å². The molecule has 1 heterocycles. The van der Waals surface area contributed by atoms with Crippen LogP contribution in [-0.4, -0.2) is 34.6 Å². The van der Waals surface area contributed by atoms with Crippen LogP contribution in [-0.2, 0) is 16.1 Å². The van der Waals surface area contributed by atoms with Crippen LogP contribution < -0.4 is 0 Å². The van der Waals surface area contributed by atoms with Crippen LogP contribution in [0.3, 0.4) is 0 Å². The van der Waals surface area contributed by atoms with E-state index in [2.05, 4.69) is 0 Å². The molecule has 0 aromatic heterocycles. The van der Waals surface area contributed by atoms with Crippen LogP contribution in [0.5, 0.6) is 0 Å². The van der Waals surface area contributed by atoms with Gasteiger partial charge in [0.15, 0.2) is 0 Å². The molecule has 4 heteroatoms. The molecule has 1 fully saturated rings. The van der Waals surface area contributed by atoms with Crippen molar-refractivity contribution in [2.24, 2.45) is 0 Å². The van der Waals surface area contributed by atoms with E-state index in [4.69, 9.17) is 9.47 Å². The number of ether oxygens (including phenoxy) is 2. The van der Waals surface area contributed by atoms with Gasteiger partial charge in [0.05, 0.1) is 12.7 Å². The molecule has 1 aromatic carbocycles. The average molecular weight is 237 g/mol. The van der Waals surface area contributed by atoms with Crippen molar-refractivity contribution in [3.8, 4) is 0 Å². The number of aliphatic hydroxyl groups excluding tert-OH is 2. The Morgan fingerprint density at radius 3 is 2.59 bits per heavy atom. The lowest BCUT2D eigenvalue weighted by Crippen LogP contribution is -2.50. The number of hydrogen-bond donors (Lipinski definition) is 2. The van der Waals surface area contributed by atoms with Crippen LogP contribution in [0.4, 0.5) is 0 Å². The monoisotopic (exact) mass is 237 g/mol. The fraction of sp³-hybridized carbons (Fsp3) is 0.462. The first-order valence-corrected chi connectivity index (χ1v) is 5.69. The predicted molar refractivity (Wildman–Crippen MR) is 61.9 cm³/mol. The highest BCUT2D eigenvalue weighted by molar-refractivity contribution is 5.13. The normalized spacial score (nSPS) is 33.6. The van der Waals surface area contributed by atoms with Gasteiger partial charge in [0.2, 0.25) is 0 Å². The summed E-state index contributed by atoms with van der Waals surface area (Å²) in [6.07, 6.45) is -2.86. The molecule has 0 unspecified atom stereocenters. The lowest BCUT2D eigenvalue weighted by Gasteiger charge is -2.35. The smallest absolute Gasteiger partial charge is 0.116 e. The zero-order chi connectivity index (χ0) is 12.3. The molecule has 0 amide bonds. The van der Waals surface area contributed by atoms with Gasteiger partial charge in [0.1, 0.15) is 24.9 Å². The molecule has 93 valence electrons. The van der Waals surface area contributed by atoms with Crippen molar-refractivity contribution >= 4 is 0 Å². The second kappa shape index (κ2) is 5.60. The SMILES string of the molecule is C[C@H]1O[CH][C@@H](OCc2ccccc2)[C@@H](O)[C@@H]1O. The van der Waals surface area contributed by atoms with Gasteiger partial charge in [-0.2, -0.15) is 0 Å². The van der Waals surface area contributed by atoms with Gasteiger partial charge in [-0.1, -0.05) is 30.3 Å². The Labute approximate surface area is 101 Å². The Bertz CT molecular complexity index is 341. The maximum atomic E-state index is 9.80. The molecule has 2 rings (SSSR count). The molecule has 4 nitrogen and oxygen atoms in total. The van der Waals surface area contributed by atoms with E-state index < -0.39 is 24.4 Å². The molecule has 0 spiro atoms. The van der Waals surface area contributed by atoms with Crippen LogP contribution in [0.25, 0.3) is 0 Å². The van der Waals surface area contributed by atoms with E-state index in [1.807, 2.05) is 30.3 Å². The van der Waals surface area contributed by atoms with Crippen LogP contribution in [0.15, 0.2) is 30.3 Å². The van der Waals surface area contributed by atoms with E-state index in [-0.39, 0.29) is 0 Å². The Morgan fingerprint density at radius 2 is 1.88 bits per heavy atom. The van der Waals surface area contributed by atoms with E-state index in [9.17, 15) is 10.2 Å².